The Kier molecular flexibility index (Phi) is 7.84. The van der Waals surface area contributed by atoms with Crippen LogP contribution in [0.4, 0.5) is 23.2 Å². The second kappa shape index (κ2) is 10.9. The van der Waals surface area contributed by atoms with Gasteiger partial charge in [-0.3, -0.25) is 4.79 Å². The van der Waals surface area contributed by atoms with Crippen LogP contribution in [0.1, 0.15) is 73.1 Å². The largest absolute Gasteiger partial charge is 0.573 e. The van der Waals surface area contributed by atoms with Gasteiger partial charge in [-0.2, -0.15) is 0 Å². The number of H-pyrrole nitrogens is 1. The molecule has 1 aromatic carbocycles. The van der Waals surface area contributed by atoms with Crippen LogP contribution in [0.2, 0.25) is 18.1 Å². The molecule has 1 aliphatic carbocycles. The summed E-state index contributed by atoms with van der Waals surface area (Å²) >= 11 is 0. The molecule has 1 unspecified atom stereocenters. The van der Waals surface area contributed by atoms with Gasteiger partial charge in [0.2, 0.25) is 0 Å². The highest BCUT2D eigenvalue weighted by atomic mass is 28.4. The number of pyridine rings is 1. The van der Waals surface area contributed by atoms with E-state index in [4.69, 9.17) is 10.2 Å². The molecule has 12 heteroatoms. The Labute approximate surface area is 243 Å². The number of anilines is 1. The van der Waals surface area contributed by atoms with Crippen LogP contribution in [0, 0.1) is 5.82 Å². The number of hydrogen-bond acceptors (Lipinski definition) is 5. The van der Waals surface area contributed by atoms with Gasteiger partial charge in [-0.1, -0.05) is 20.8 Å². The zero-order chi connectivity index (χ0) is 30.6. The molecule has 3 N–H and O–H groups in total. The molecule has 1 atom stereocenters. The highest BCUT2D eigenvalue weighted by Crippen LogP contribution is 2.42. The molecule has 0 radical (unpaired) electrons. The predicted molar refractivity (Wildman–Crippen MR) is 156 cm³/mol. The quantitative estimate of drug-likeness (QED) is 0.184. The number of nitrogens with two attached hydrogens (primary N) is 1. The van der Waals surface area contributed by atoms with E-state index in [9.17, 15) is 18.0 Å². The average Bonchev–Trinajstić information content (AvgIpc) is 3.25. The fourth-order valence-corrected chi connectivity index (χ4v) is 7.30. The van der Waals surface area contributed by atoms with Gasteiger partial charge in [0, 0.05) is 47.6 Å². The van der Waals surface area contributed by atoms with E-state index in [0.717, 1.165) is 41.6 Å². The fraction of sp³-hybridized carbons (Fsp3) is 0.533. The number of nitrogens with one attached hydrogen (secondary N) is 1. The average molecular weight is 607 g/mol. The summed E-state index contributed by atoms with van der Waals surface area (Å²) in [4.78, 5) is 22.6. The van der Waals surface area contributed by atoms with Gasteiger partial charge in [-0.15, -0.1) is 31.3 Å². The second-order valence-electron chi connectivity index (χ2n) is 12.9. The van der Waals surface area contributed by atoms with E-state index in [1.54, 1.807) is 4.90 Å². The number of nitrogen functional groups attached to an aromatic ring is 1. The van der Waals surface area contributed by atoms with Gasteiger partial charge in [-0.05, 0) is 64.0 Å². The maximum Gasteiger partial charge on any atom is 0.573 e. The summed E-state index contributed by atoms with van der Waals surface area (Å²) in [6, 6.07) is 3.31. The number of aromatic amines is 1. The minimum atomic E-state index is -4.86. The molecule has 1 amide bonds. The van der Waals surface area contributed by atoms with Crippen LogP contribution < -0.4 is 10.5 Å². The molecule has 0 bridgehead atoms. The van der Waals surface area contributed by atoms with Crippen molar-refractivity contribution in [3.63, 3.8) is 0 Å². The van der Waals surface area contributed by atoms with E-state index < -0.39 is 20.4 Å². The first kappa shape index (κ1) is 30.3. The Bertz CT molecular complexity index is 1490. The third-order valence-corrected chi connectivity index (χ3v) is 13.6. The number of fused-ring (bicyclic) bond motifs is 3. The third kappa shape index (κ3) is 6.01. The van der Waals surface area contributed by atoms with Crippen molar-refractivity contribution in [1.29, 1.82) is 0 Å². The molecule has 2 aliphatic rings. The van der Waals surface area contributed by atoms with Crippen LogP contribution in [0.15, 0.2) is 24.4 Å². The number of halogens is 4. The highest BCUT2D eigenvalue weighted by molar-refractivity contribution is 6.74. The van der Waals surface area contributed by atoms with Gasteiger partial charge in [0.15, 0.2) is 0 Å². The number of aryl methyl sites for hydroxylation is 1. The van der Waals surface area contributed by atoms with Crippen LogP contribution in [0.3, 0.4) is 0 Å². The highest BCUT2D eigenvalue weighted by Gasteiger charge is 2.34. The predicted octanol–water partition coefficient (Wildman–Crippen LogP) is 7.08. The molecule has 1 saturated heterocycles. The Balaban J connectivity index is 1.34. The Morgan fingerprint density at radius 2 is 1.83 bits per heavy atom. The normalized spacial score (nSPS) is 18.8. The summed E-state index contributed by atoms with van der Waals surface area (Å²) in [7, 11) is -1.99. The lowest BCUT2D eigenvalue weighted by molar-refractivity contribution is -0.274. The summed E-state index contributed by atoms with van der Waals surface area (Å²) in [5, 5.41) is 0.921. The van der Waals surface area contributed by atoms with Gasteiger partial charge >= 0.3 is 6.36 Å². The van der Waals surface area contributed by atoms with E-state index in [0.29, 0.717) is 43.6 Å². The Morgan fingerprint density at radius 1 is 1.14 bits per heavy atom. The van der Waals surface area contributed by atoms with Crippen molar-refractivity contribution in [2.24, 2.45) is 0 Å². The van der Waals surface area contributed by atoms with E-state index in [2.05, 4.69) is 48.6 Å². The molecule has 3 aromatic rings. The standard InChI is InChI=1S/C30H38F4N4O3Si/c1-29(2,3)42(4,5)41-19-7-9-24-21(14-19)26-25(22(31)16-36-27(26)37-24)17-10-12-38(13-11-17)28(39)20-8-6-18(15-23(20)35)40-30(32,33)34/h6,8,15-17,19H,7,9-14,35H2,1-5H3,(H,36,37)/q-1. The number of benzene rings is 1. The van der Waals surface area contributed by atoms with Crippen LogP contribution in [0.5, 0.6) is 5.75 Å². The molecule has 2 aromatic heterocycles. The minimum absolute atomic E-state index is 0.0614. The van der Waals surface area contributed by atoms with Crippen LogP contribution in [0.25, 0.3) is 11.0 Å². The number of piperidine rings is 1. The molecular formula is C30H38F4N4O3Si-. The number of aromatic nitrogens is 2. The molecule has 0 saturated carbocycles. The molecule has 1 fully saturated rings. The van der Waals surface area contributed by atoms with Gasteiger partial charge < -0.3 is 24.8 Å². The zero-order valence-corrected chi connectivity index (χ0v) is 25.6. The number of ether oxygens (including phenoxy) is 1. The SMILES string of the molecule is CC(C)(C)[Si-](C)(C)OC1CCc2[nH]c3ncc(F)c(C4CCN(C(=O)c5ccc(OC(F)(F)F)cc5N)CC4)c3c2C1. The lowest BCUT2D eigenvalue weighted by Gasteiger charge is -2.51. The molecule has 7 nitrogen and oxygen atoms in total. The van der Waals surface area contributed by atoms with Gasteiger partial charge in [0.05, 0.1) is 11.8 Å². The number of likely N-dealkylation sites (tertiary alicyclic amines) is 1. The van der Waals surface area contributed by atoms with Crippen molar-refractivity contribution >= 4 is 30.9 Å². The first-order valence-corrected chi connectivity index (χ1v) is 17.2. The van der Waals surface area contributed by atoms with Gasteiger partial charge in [0.25, 0.3) is 5.91 Å². The molecule has 5 rings (SSSR count). The molecule has 0 spiro atoms. The van der Waals surface area contributed by atoms with Crippen LogP contribution in [-0.4, -0.2) is 54.6 Å². The third-order valence-electron chi connectivity index (χ3n) is 9.10. The number of amides is 1. The number of hydrogen-bond donors (Lipinski definition) is 2. The molecule has 42 heavy (non-hydrogen) atoms. The monoisotopic (exact) mass is 606 g/mol. The van der Waals surface area contributed by atoms with Gasteiger partial charge in [-0.25, -0.2) is 9.37 Å². The summed E-state index contributed by atoms with van der Waals surface area (Å²) < 4.78 is 63.8. The lowest BCUT2D eigenvalue weighted by Crippen LogP contribution is -2.45. The summed E-state index contributed by atoms with van der Waals surface area (Å²) in [5.41, 5.74) is 9.39. The fourth-order valence-electron chi connectivity index (χ4n) is 5.91. The topological polar surface area (TPSA) is 93.5 Å². The number of carbonyl (C=O) groups excluding carboxylic acids is 1. The number of alkyl halides is 3. The Morgan fingerprint density at radius 3 is 2.45 bits per heavy atom. The van der Waals surface area contributed by atoms with Crippen molar-refractivity contribution in [3.8, 4) is 5.75 Å². The molecular weight excluding hydrogens is 568 g/mol. The van der Waals surface area contributed by atoms with Gasteiger partial charge in [0.1, 0.15) is 17.2 Å². The molecule has 229 valence electrons. The van der Waals surface area contributed by atoms with Crippen molar-refractivity contribution in [2.45, 2.75) is 89.4 Å². The smallest absolute Gasteiger partial charge is 0.562 e. The first-order valence-electron chi connectivity index (χ1n) is 14.3. The summed E-state index contributed by atoms with van der Waals surface area (Å²) in [5.74, 6) is -1.35. The molecule has 1 aliphatic heterocycles. The van der Waals surface area contributed by atoms with Crippen molar-refractivity contribution < 1.29 is 31.5 Å². The van der Waals surface area contributed by atoms with E-state index in [1.807, 2.05) is 0 Å². The maximum absolute atomic E-state index is 15.5. The minimum Gasteiger partial charge on any atom is -0.562 e. The number of rotatable bonds is 5. The second-order valence-corrected chi connectivity index (χ2v) is 17.7. The number of carbonyl (C=O) groups is 1. The summed E-state index contributed by atoms with van der Waals surface area (Å²) in [6.45, 7) is 11.9. The maximum atomic E-state index is 15.5. The van der Waals surface area contributed by atoms with Crippen LogP contribution in [-0.2, 0) is 17.3 Å². The van der Waals surface area contributed by atoms with E-state index in [1.165, 1.54) is 12.3 Å². The Hall–Kier alpha value is -3.12. The number of nitrogens with zero attached hydrogens (tertiary/aromatic N) is 2. The van der Waals surface area contributed by atoms with Crippen molar-refractivity contribution in [2.75, 3.05) is 18.8 Å². The zero-order valence-electron chi connectivity index (χ0n) is 24.6. The summed E-state index contributed by atoms with van der Waals surface area (Å²) in [6.07, 6.45) is -0.0562. The lowest BCUT2D eigenvalue weighted by atomic mass is 9.84. The van der Waals surface area contributed by atoms with E-state index in [-0.39, 0.29) is 40.0 Å². The van der Waals surface area contributed by atoms with Crippen LogP contribution >= 0.6 is 0 Å². The van der Waals surface area contributed by atoms with Crippen molar-refractivity contribution in [3.05, 3.63) is 52.6 Å². The first-order chi connectivity index (χ1) is 19.5. The molecule has 3 heterocycles. The van der Waals surface area contributed by atoms with E-state index >= 15 is 4.39 Å². The van der Waals surface area contributed by atoms with Crippen molar-refractivity contribution in [1.82, 2.24) is 14.9 Å².